The average Bonchev–Trinajstić information content (AvgIpc) is 3.11. The van der Waals surface area contributed by atoms with Crippen LogP contribution in [0.4, 0.5) is 0 Å². The molecule has 1 aromatic heterocycles. The van der Waals surface area contributed by atoms with Gasteiger partial charge in [-0.1, -0.05) is 12.2 Å². The van der Waals surface area contributed by atoms with Gasteiger partial charge in [-0.15, -0.1) is 0 Å². The standard InChI is InChI=1S/C26H30N3O3/c1-19-25(27-21-8-10-22(11-9-21)28(15-17-30)16-18-31)24-5-3-4-14-29(24)26(19)20-6-12-23(32-2)13-7-20/h3-10,12-14,22,30-31H,11,15-18H2,1-2H3/q+1. The topological polar surface area (TPSA) is 69.2 Å². The van der Waals surface area contributed by atoms with Crippen molar-refractivity contribution in [1.82, 2.24) is 4.90 Å². The van der Waals surface area contributed by atoms with E-state index < -0.39 is 0 Å². The van der Waals surface area contributed by atoms with Gasteiger partial charge in [0.2, 0.25) is 11.4 Å². The van der Waals surface area contributed by atoms with Crippen LogP contribution in [0.1, 0.15) is 24.6 Å². The number of aromatic nitrogens is 1. The molecule has 1 aliphatic heterocycles. The number of ether oxygens (including phenoxy) is 1. The zero-order chi connectivity index (χ0) is 22.5. The van der Waals surface area contributed by atoms with Crippen LogP contribution in [0.3, 0.4) is 0 Å². The third-order valence-electron chi connectivity index (χ3n) is 5.96. The van der Waals surface area contributed by atoms with Crippen molar-refractivity contribution in [1.29, 1.82) is 0 Å². The molecule has 32 heavy (non-hydrogen) atoms. The number of methoxy groups -OCH3 is 1. The molecule has 0 amide bonds. The largest absolute Gasteiger partial charge is 0.497 e. The van der Waals surface area contributed by atoms with Gasteiger partial charge < -0.3 is 14.9 Å². The lowest BCUT2D eigenvalue weighted by Gasteiger charge is -2.29. The molecule has 0 radical (unpaired) electrons. The van der Waals surface area contributed by atoms with Gasteiger partial charge in [-0.05, 0) is 49.8 Å². The van der Waals surface area contributed by atoms with E-state index in [1.165, 1.54) is 0 Å². The van der Waals surface area contributed by atoms with Crippen molar-refractivity contribution in [3.05, 3.63) is 89.4 Å². The summed E-state index contributed by atoms with van der Waals surface area (Å²) in [6.07, 6.45) is 9.15. The van der Waals surface area contributed by atoms with E-state index in [-0.39, 0.29) is 19.3 Å². The van der Waals surface area contributed by atoms with Crippen LogP contribution in [0.5, 0.6) is 5.75 Å². The molecule has 2 aliphatic rings. The molecule has 0 saturated carbocycles. The highest BCUT2D eigenvalue weighted by Crippen LogP contribution is 2.28. The van der Waals surface area contributed by atoms with Crippen LogP contribution in [0.15, 0.2) is 83.2 Å². The summed E-state index contributed by atoms with van der Waals surface area (Å²) in [5.41, 5.74) is 6.32. The molecule has 0 fully saturated rings. The summed E-state index contributed by atoms with van der Waals surface area (Å²) < 4.78 is 7.50. The minimum atomic E-state index is 0.0787. The van der Waals surface area contributed by atoms with Gasteiger partial charge in [0.05, 0.1) is 31.6 Å². The Morgan fingerprint density at radius 3 is 2.47 bits per heavy atom. The van der Waals surface area contributed by atoms with Crippen LogP contribution < -0.4 is 9.30 Å². The van der Waals surface area contributed by atoms with Gasteiger partial charge in [0.25, 0.3) is 0 Å². The van der Waals surface area contributed by atoms with Crippen LogP contribution >= 0.6 is 0 Å². The van der Waals surface area contributed by atoms with E-state index >= 15 is 0 Å². The molecule has 6 heteroatoms. The van der Waals surface area contributed by atoms with Crippen LogP contribution in [0.25, 0.3) is 5.70 Å². The Morgan fingerprint density at radius 1 is 1.09 bits per heavy atom. The summed E-state index contributed by atoms with van der Waals surface area (Å²) in [6.45, 7) is 3.37. The second kappa shape index (κ2) is 10.0. The molecule has 4 rings (SSSR count). The third-order valence-corrected chi connectivity index (χ3v) is 5.96. The number of aliphatic hydroxyl groups is 2. The summed E-state index contributed by atoms with van der Waals surface area (Å²) in [4.78, 5) is 7.11. The first-order chi connectivity index (χ1) is 15.7. The van der Waals surface area contributed by atoms with Crippen molar-refractivity contribution in [2.24, 2.45) is 4.99 Å². The number of pyridine rings is 1. The Kier molecular flexibility index (Phi) is 6.95. The number of allylic oxidation sites excluding steroid dienone is 2. The SMILES string of the molecule is COc1ccc(C2=C(C)C(=NC3=CCC(N(CCO)CCO)C=C3)c3cccc[n+]32)cc1. The second-order valence-electron chi connectivity index (χ2n) is 7.89. The number of fused-ring (bicyclic) bond motifs is 1. The summed E-state index contributed by atoms with van der Waals surface area (Å²) in [7, 11) is 1.67. The maximum atomic E-state index is 9.31. The number of rotatable bonds is 8. The molecule has 166 valence electrons. The molecule has 1 aromatic carbocycles. The Morgan fingerprint density at radius 2 is 1.84 bits per heavy atom. The number of hydrogen-bond donors (Lipinski definition) is 2. The lowest BCUT2D eigenvalue weighted by atomic mass is 10.0. The molecule has 2 aromatic rings. The average molecular weight is 433 g/mol. The van der Waals surface area contributed by atoms with Gasteiger partial charge in [0, 0.05) is 36.8 Å². The zero-order valence-electron chi connectivity index (χ0n) is 18.6. The van der Waals surface area contributed by atoms with E-state index in [1.807, 2.05) is 30.3 Å². The molecular weight excluding hydrogens is 402 g/mol. The van der Waals surface area contributed by atoms with Crippen molar-refractivity contribution >= 4 is 11.4 Å². The first-order valence-electron chi connectivity index (χ1n) is 11.0. The van der Waals surface area contributed by atoms with E-state index in [0.29, 0.717) is 13.1 Å². The smallest absolute Gasteiger partial charge is 0.237 e. The number of aliphatic hydroxyl groups excluding tert-OH is 2. The Balaban J connectivity index is 1.65. The van der Waals surface area contributed by atoms with Crippen LogP contribution in [-0.4, -0.2) is 60.3 Å². The van der Waals surface area contributed by atoms with Crippen molar-refractivity contribution < 1.29 is 19.5 Å². The Labute approximate surface area is 189 Å². The van der Waals surface area contributed by atoms with Gasteiger partial charge in [-0.25, -0.2) is 4.99 Å². The lowest BCUT2D eigenvalue weighted by molar-refractivity contribution is -0.577. The number of nitrogens with zero attached hydrogens (tertiary/aromatic N) is 3. The second-order valence-corrected chi connectivity index (χ2v) is 7.89. The van der Waals surface area contributed by atoms with Crippen LogP contribution in [0.2, 0.25) is 0 Å². The van der Waals surface area contributed by atoms with E-state index in [1.54, 1.807) is 7.11 Å². The van der Waals surface area contributed by atoms with E-state index in [9.17, 15) is 10.2 Å². The first-order valence-corrected chi connectivity index (χ1v) is 11.0. The third kappa shape index (κ3) is 4.43. The van der Waals surface area contributed by atoms with Crippen LogP contribution in [0, 0.1) is 0 Å². The molecule has 1 aliphatic carbocycles. The normalized spacial score (nSPS) is 19.0. The van der Waals surface area contributed by atoms with Crippen LogP contribution in [-0.2, 0) is 0 Å². The quantitative estimate of drug-likeness (QED) is 0.629. The summed E-state index contributed by atoms with van der Waals surface area (Å²) in [5, 5.41) is 18.6. The fourth-order valence-corrected chi connectivity index (χ4v) is 4.34. The van der Waals surface area contributed by atoms with Gasteiger partial charge in [-0.2, -0.15) is 4.57 Å². The summed E-state index contributed by atoms with van der Waals surface area (Å²) in [5.74, 6) is 0.834. The maximum absolute atomic E-state index is 9.31. The molecule has 6 nitrogen and oxygen atoms in total. The van der Waals surface area contributed by atoms with Crippen molar-refractivity contribution in [2.75, 3.05) is 33.4 Å². The molecule has 2 heterocycles. The Bertz CT molecular complexity index is 1080. The highest BCUT2D eigenvalue weighted by atomic mass is 16.5. The summed E-state index contributed by atoms with van der Waals surface area (Å²) >= 11 is 0. The Hall–Kier alpha value is -3.06. The number of aliphatic imine (C=N–C) groups is 1. The number of benzene rings is 1. The van der Waals surface area contributed by atoms with Gasteiger partial charge in [0.15, 0.2) is 6.20 Å². The zero-order valence-corrected chi connectivity index (χ0v) is 18.6. The fourth-order valence-electron chi connectivity index (χ4n) is 4.34. The van der Waals surface area contributed by atoms with E-state index in [0.717, 1.165) is 46.1 Å². The lowest BCUT2D eigenvalue weighted by Crippen LogP contribution is -2.38. The fraction of sp³-hybridized carbons (Fsp3) is 0.308. The molecule has 0 bridgehead atoms. The molecule has 1 unspecified atom stereocenters. The molecule has 0 spiro atoms. The summed E-state index contributed by atoms with van der Waals surface area (Å²) in [6, 6.07) is 14.4. The molecular formula is C26H30N3O3+. The van der Waals surface area contributed by atoms with Gasteiger partial charge in [-0.3, -0.25) is 4.90 Å². The molecule has 1 atom stereocenters. The molecule has 2 N–H and O–H groups in total. The van der Waals surface area contributed by atoms with Crippen molar-refractivity contribution in [3.8, 4) is 5.75 Å². The number of hydrogen-bond acceptors (Lipinski definition) is 5. The highest BCUT2D eigenvalue weighted by Gasteiger charge is 2.34. The monoisotopic (exact) mass is 432 g/mol. The minimum absolute atomic E-state index is 0.0787. The van der Waals surface area contributed by atoms with Crippen molar-refractivity contribution in [3.63, 3.8) is 0 Å². The van der Waals surface area contributed by atoms with E-state index in [2.05, 4.69) is 52.9 Å². The predicted octanol–water partition coefficient (Wildman–Crippen LogP) is 2.56. The predicted molar refractivity (Wildman–Crippen MR) is 126 cm³/mol. The minimum Gasteiger partial charge on any atom is -0.497 e. The van der Waals surface area contributed by atoms with Crippen molar-refractivity contribution in [2.45, 2.75) is 19.4 Å². The van der Waals surface area contributed by atoms with Gasteiger partial charge >= 0.3 is 0 Å². The van der Waals surface area contributed by atoms with Gasteiger partial charge in [0.1, 0.15) is 11.5 Å². The molecule has 0 saturated heterocycles. The van der Waals surface area contributed by atoms with E-state index in [4.69, 9.17) is 9.73 Å². The maximum Gasteiger partial charge on any atom is 0.237 e. The highest BCUT2D eigenvalue weighted by molar-refractivity contribution is 6.16. The first kappa shape index (κ1) is 22.1.